The minimum absolute atomic E-state index is 0.561. The molecule has 6 heteroatoms. The molecule has 0 aliphatic carbocycles. The second-order valence-corrected chi connectivity index (χ2v) is 7.68. The van der Waals surface area contributed by atoms with Gasteiger partial charge in [0.25, 0.3) is 0 Å². The lowest BCUT2D eigenvalue weighted by atomic mass is 9.94. The van der Waals surface area contributed by atoms with Crippen LogP contribution in [0.4, 0.5) is 0 Å². The van der Waals surface area contributed by atoms with Gasteiger partial charge in [0.15, 0.2) is 5.82 Å². The summed E-state index contributed by atoms with van der Waals surface area (Å²) in [7, 11) is -0.912. The van der Waals surface area contributed by atoms with Gasteiger partial charge in [-0.1, -0.05) is 23.4 Å². The third kappa shape index (κ3) is 4.72. The summed E-state index contributed by atoms with van der Waals surface area (Å²) >= 11 is 0. The minimum Gasteiger partial charge on any atom is -0.340 e. The van der Waals surface area contributed by atoms with E-state index >= 15 is 0 Å². The van der Waals surface area contributed by atoms with E-state index in [2.05, 4.69) is 15.0 Å². The zero-order valence-corrected chi connectivity index (χ0v) is 14.3. The van der Waals surface area contributed by atoms with Crippen molar-refractivity contribution < 1.29 is 8.73 Å². The lowest BCUT2D eigenvalue weighted by molar-refractivity contribution is 0.181. The summed E-state index contributed by atoms with van der Waals surface area (Å²) in [5, 5.41) is 4.00. The molecule has 1 aliphatic heterocycles. The summed E-state index contributed by atoms with van der Waals surface area (Å²) in [6, 6.07) is 9.71. The van der Waals surface area contributed by atoms with Crippen LogP contribution in [-0.4, -0.2) is 44.6 Å². The molecule has 124 valence electrons. The van der Waals surface area contributed by atoms with Gasteiger partial charge in [0, 0.05) is 37.1 Å². The van der Waals surface area contributed by atoms with Crippen molar-refractivity contribution in [3.8, 4) is 0 Å². The van der Waals surface area contributed by atoms with Gasteiger partial charge in [0.05, 0.1) is 10.8 Å². The first kappa shape index (κ1) is 16.3. The van der Waals surface area contributed by atoms with Gasteiger partial charge in [-0.15, -0.1) is 0 Å². The zero-order valence-electron chi connectivity index (χ0n) is 13.5. The van der Waals surface area contributed by atoms with Crippen molar-refractivity contribution in [2.75, 3.05) is 25.4 Å². The van der Waals surface area contributed by atoms with E-state index in [0.717, 1.165) is 36.8 Å². The van der Waals surface area contributed by atoms with Gasteiger partial charge in [-0.25, -0.2) is 0 Å². The van der Waals surface area contributed by atoms with E-state index in [1.54, 1.807) is 0 Å². The van der Waals surface area contributed by atoms with E-state index < -0.39 is 10.8 Å². The molecular weight excluding hydrogens is 310 g/mol. The molecule has 0 amide bonds. The van der Waals surface area contributed by atoms with Crippen LogP contribution in [0.15, 0.2) is 39.8 Å². The Morgan fingerprint density at radius 3 is 2.91 bits per heavy atom. The van der Waals surface area contributed by atoms with Crippen molar-refractivity contribution in [3.05, 3.63) is 42.0 Å². The van der Waals surface area contributed by atoms with Crippen molar-refractivity contribution in [3.63, 3.8) is 0 Å². The Balaban J connectivity index is 1.48. The highest BCUT2D eigenvalue weighted by Crippen LogP contribution is 2.20. The summed E-state index contributed by atoms with van der Waals surface area (Å²) in [5.41, 5.74) is 0. The lowest BCUT2D eigenvalue weighted by Crippen LogP contribution is -2.38. The molecule has 5 nitrogen and oxygen atoms in total. The predicted octanol–water partition coefficient (Wildman–Crippen LogP) is 2.44. The Kier molecular flexibility index (Phi) is 5.56. The highest BCUT2D eigenvalue weighted by atomic mass is 32.2. The first-order chi connectivity index (χ1) is 11.2. The van der Waals surface area contributed by atoms with Gasteiger partial charge < -0.3 is 9.42 Å². The number of likely N-dealkylation sites (tertiary alicyclic amines) is 1. The van der Waals surface area contributed by atoms with Crippen LogP contribution in [0.1, 0.15) is 24.6 Å². The molecule has 1 aromatic carbocycles. The van der Waals surface area contributed by atoms with E-state index in [9.17, 15) is 4.21 Å². The molecule has 2 heterocycles. The van der Waals surface area contributed by atoms with Crippen LogP contribution < -0.4 is 0 Å². The fourth-order valence-corrected chi connectivity index (χ4v) is 4.23. The van der Waals surface area contributed by atoms with E-state index in [1.165, 1.54) is 12.8 Å². The van der Waals surface area contributed by atoms with Gasteiger partial charge >= 0.3 is 0 Å². The van der Waals surface area contributed by atoms with E-state index in [4.69, 9.17) is 4.52 Å². The molecule has 23 heavy (non-hydrogen) atoms. The molecule has 1 aliphatic rings. The monoisotopic (exact) mass is 333 g/mol. The second kappa shape index (κ2) is 7.84. The van der Waals surface area contributed by atoms with Crippen molar-refractivity contribution in [1.29, 1.82) is 0 Å². The molecule has 3 rings (SSSR count). The third-order valence-electron chi connectivity index (χ3n) is 4.24. The molecule has 0 radical (unpaired) electrons. The van der Waals surface area contributed by atoms with Gasteiger partial charge in [0.1, 0.15) is 0 Å². The summed E-state index contributed by atoms with van der Waals surface area (Å²) in [6.07, 6.45) is 3.25. The smallest absolute Gasteiger partial charge is 0.223 e. The molecule has 0 N–H and O–H groups in total. The van der Waals surface area contributed by atoms with Crippen molar-refractivity contribution in [2.45, 2.75) is 31.1 Å². The van der Waals surface area contributed by atoms with E-state index in [-0.39, 0.29) is 0 Å². The second-order valence-electron chi connectivity index (χ2n) is 6.11. The maximum absolute atomic E-state index is 12.3. The fraction of sp³-hybridized carbons (Fsp3) is 0.529. The van der Waals surface area contributed by atoms with Gasteiger partial charge in [-0.05, 0) is 37.4 Å². The minimum atomic E-state index is -0.912. The summed E-state index contributed by atoms with van der Waals surface area (Å²) < 4.78 is 17.4. The van der Waals surface area contributed by atoms with Crippen LogP contribution >= 0.6 is 0 Å². The number of hydrogen-bond donors (Lipinski definition) is 0. The van der Waals surface area contributed by atoms with Crippen molar-refractivity contribution in [1.82, 2.24) is 15.0 Å². The Labute approximate surface area is 139 Å². The zero-order chi connectivity index (χ0) is 16.1. The number of aryl methyl sites for hydroxylation is 1. The SMILES string of the molecule is Cc1nc(C[C@@H]2CCCN(CC[S@@](=O)c3ccccc3)C2)no1. The molecule has 1 aromatic heterocycles. The van der Waals surface area contributed by atoms with Crippen LogP contribution in [0.25, 0.3) is 0 Å². The quantitative estimate of drug-likeness (QED) is 0.812. The first-order valence-electron chi connectivity index (χ1n) is 8.15. The summed E-state index contributed by atoms with van der Waals surface area (Å²) in [5.74, 6) is 2.69. The number of benzene rings is 1. The number of hydrogen-bond acceptors (Lipinski definition) is 5. The normalized spacial score (nSPS) is 20.5. The average molecular weight is 333 g/mol. The molecule has 1 saturated heterocycles. The van der Waals surface area contributed by atoms with Crippen LogP contribution in [0.5, 0.6) is 0 Å². The largest absolute Gasteiger partial charge is 0.340 e. The lowest BCUT2D eigenvalue weighted by Gasteiger charge is -2.32. The molecule has 2 atom stereocenters. The van der Waals surface area contributed by atoms with Crippen LogP contribution in [-0.2, 0) is 17.2 Å². The van der Waals surface area contributed by atoms with Gasteiger partial charge in [-0.2, -0.15) is 4.98 Å². The maximum Gasteiger partial charge on any atom is 0.223 e. The molecule has 2 aromatic rings. The molecule has 0 unspecified atom stereocenters. The fourth-order valence-electron chi connectivity index (χ4n) is 3.11. The van der Waals surface area contributed by atoms with Crippen LogP contribution in [0, 0.1) is 12.8 Å². The Morgan fingerprint density at radius 2 is 2.17 bits per heavy atom. The van der Waals surface area contributed by atoms with Crippen molar-refractivity contribution >= 4 is 10.8 Å². The average Bonchev–Trinajstić information content (AvgIpc) is 2.99. The summed E-state index contributed by atoms with van der Waals surface area (Å²) in [4.78, 5) is 7.64. The molecule has 0 bridgehead atoms. The molecule has 0 spiro atoms. The number of aromatic nitrogens is 2. The third-order valence-corrected chi connectivity index (χ3v) is 5.59. The Hall–Kier alpha value is -1.53. The van der Waals surface area contributed by atoms with Gasteiger partial charge in [-0.3, -0.25) is 4.21 Å². The van der Waals surface area contributed by atoms with Crippen LogP contribution in [0.3, 0.4) is 0 Å². The van der Waals surface area contributed by atoms with Crippen LogP contribution in [0.2, 0.25) is 0 Å². The van der Waals surface area contributed by atoms with E-state index in [1.807, 2.05) is 37.3 Å². The number of rotatable bonds is 6. The Morgan fingerprint density at radius 1 is 1.35 bits per heavy atom. The predicted molar refractivity (Wildman–Crippen MR) is 89.6 cm³/mol. The number of nitrogens with zero attached hydrogens (tertiary/aromatic N) is 3. The highest BCUT2D eigenvalue weighted by Gasteiger charge is 2.22. The van der Waals surface area contributed by atoms with Crippen molar-refractivity contribution in [2.24, 2.45) is 5.92 Å². The molecule has 1 fully saturated rings. The van der Waals surface area contributed by atoms with E-state index in [0.29, 0.717) is 17.6 Å². The molecular formula is C17H23N3O2S. The Bertz CT molecular complexity index is 644. The molecule has 0 saturated carbocycles. The highest BCUT2D eigenvalue weighted by molar-refractivity contribution is 7.85. The van der Waals surface area contributed by atoms with Gasteiger partial charge in [0.2, 0.25) is 5.89 Å². The standard InChI is InChI=1S/C17H23N3O2S/c1-14-18-17(19-22-14)12-15-6-5-9-20(13-15)10-11-23(21)16-7-3-2-4-8-16/h2-4,7-8,15H,5-6,9-13H2,1H3/t15-,23+/m0/s1. The maximum atomic E-state index is 12.3. The number of piperidine rings is 1. The topological polar surface area (TPSA) is 59.2 Å². The first-order valence-corrected chi connectivity index (χ1v) is 9.47. The summed E-state index contributed by atoms with van der Waals surface area (Å²) in [6.45, 7) is 4.82.